The molecule has 2 heterocycles. The van der Waals surface area contributed by atoms with Crippen molar-refractivity contribution in [3.05, 3.63) is 70.8 Å². The lowest BCUT2D eigenvalue weighted by molar-refractivity contribution is -0.127. The lowest BCUT2D eigenvalue weighted by atomic mass is 10.0. The van der Waals surface area contributed by atoms with Crippen molar-refractivity contribution in [3.63, 3.8) is 0 Å². The molecule has 1 saturated heterocycles. The van der Waals surface area contributed by atoms with Crippen molar-refractivity contribution in [2.75, 3.05) is 13.1 Å². The van der Waals surface area contributed by atoms with Gasteiger partial charge in [-0.3, -0.25) is 4.79 Å². The first-order valence-electron chi connectivity index (χ1n) is 9.13. The zero-order valence-electron chi connectivity index (χ0n) is 15.3. The highest BCUT2D eigenvalue weighted by molar-refractivity contribution is 6.30. The van der Waals surface area contributed by atoms with Crippen molar-refractivity contribution in [1.29, 1.82) is 0 Å². The molecule has 2 unspecified atom stereocenters. The van der Waals surface area contributed by atoms with Gasteiger partial charge in [0.1, 0.15) is 5.82 Å². The SMILES string of the molecule is CC(CN1CC(c2nc(-c3ccc(Cl)c(F)c3)no2)CC1=O)c1ccccc1. The maximum Gasteiger partial charge on any atom is 0.232 e. The van der Waals surface area contributed by atoms with Gasteiger partial charge < -0.3 is 9.42 Å². The number of nitrogens with zero attached hydrogens (tertiary/aromatic N) is 3. The first kappa shape index (κ1) is 18.6. The van der Waals surface area contributed by atoms with Crippen molar-refractivity contribution in [1.82, 2.24) is 15.0 Å². The Hall–Kier alpha value is -2.73. The predicted octanol–water partition coefficient (Wildman–Crippen LogP) is 4.65. The number of likely N-dealkylation sites (tertiary alicyclic amines) is 1. The van der Waals surface area contributed by atoms with E-state index in [0.717, 1.165) is 0 Å². The third-order valence-corrected chi connectivity index (χ3v) is 5.35. The van der Waals surface area contributed by atoms with E-state index < -0.39 is 5.82 Å². The molecular weight excluding hydrogens is 381 g/mol. The monoisotopic (exact) mass is 399 g/mol. The van der Waals surface area contributed by atoms with Gasteiger partial charge >= 0.3 is 0 Å². The number of carbonyl (C=O) groups is 1. The van der Waals surface area contributed by atoms with Gasteiger partial charge in [0.05, 0.1) is 10.9 Å². The van der Waals surface area contributed by atoms with E-state index in [-0.39, 0.29) is 28.6 Å². The minimum absolute atomic E-state index is 0.0389. The average Bonchev–Trinajstić information content (AvgIpc) is 3.32. The summed E-state index contributed by atoms with van der Waals surface area (Å²) in [5, 5.41) is 3.97. The molecule has 0 bridgehead atoms. The van der Waals surface area contributed by atoms with Crippen LogP contribution < -0.4 is 0 Å². The molecule has 0 aliphatic carbocycles. The number of aromatic nitrogens is 2. The quantitative estimate of drug-likeness (QED) is 0.626. The maximum absolute atomic E-state index is 13.7. The molecule has 2 atom stereocenters. The van der Waals surface area contributed by atoms with Crippen molar-refractivity contribution in [3.8, 4) is 11.4 Å². The summed E-state index contributed by atoms with van der Waals surface area (Å²) in [6, 6.07) is 14.5. The van der Waals surface area contributed by atoms with Crippen LogP contribution >= 0.6 is 11.6 Å². The zero-order valence-corrected chi connectivity index (χ0v) is 16.1. The van der Waals surface area contributed by atoms with Crippen LogP contribution in [0.2, 0.25) is 5.02 Å². The summed E-state index contributed by atoms with van der Waals surface area (Å²) in [6.45, 7) is 3.28. The first-order valence-corrected chi connectivity index (χ1v) is 9.51. The Bertz CT molecular complexity index is 992. The van der Waals surface area contributed by atoms with E-state index in [1.165, 1.54) is 17.7 Å². The second-order valence-electron chi connectivity index (χ2n) is 7.10. The van der Waals surface area contributed by atoms with Gasteiger partial charge in [-0.2, -0.15) is 4.98 Å². The number of rotatable bonds is 5. The Morgan fingerprint density at radius 2 is 2.07 bits per heavy atom. The van der Waals surface area contributed by atoms with Crippen molar-refractivity contribution in [2.24, 2.45) is 0 Å². The summed E-state index contributed by atoms with van der Waals surface area (Å²) >= 11 is 5.71. The van der Waals surface area contributed by atoms with E-state index in [0.29, 0.717) is 31.0 Å². The molecule has 0 radical (unpaired) electrons. The lowest BCUT2D eigenvalue weighted by Gasteiger charge is -2.21. The molecule has 5 nitrogen and oxygen atoms in total. The van der Waals surface area contributed by atoms with E-state index in [2.05, 4.69) is 29.2 Å². The van der Waals surface area contributed by atoms with Crippen LogP contribution in [0.4, 0.5) is 4.39 Å². The molecule has 1 amide bonds. The van der Waals surface area contributed by atoms with E-state index >= 15 is 0 Å². The van der Waals surface area contributed by atoms with E-state index in [9.17, 15) is 9.18 Å². The van der Waals surface area contributed by atoms with Crippen LogP contribution in [-0.2, 0) is 4.79 Å². The first-order chi connectivity index (χ1) is 13.5. The fraction of sp³-hybridized carbons (Fsp3) is 0.286. The van der Waals surface area contributed by atoms with Gasteiger partial charge in [-0.1, -0.05) is 54.0 Å². The van der Waals surface area contributed by atoms with Crippen LogP contribution in [0.1, 0.15) is 36.6 Å². The summed E-state index contributed by atoms with van der Waals surface area (Å²) in [5.74, 6) is 0.295. The molecule has 0 saturated carbocycles. The molecule has 1 aliphatic heterocycles. The minimum atomic E-state index is -0.539. The summed E-state index contributed by atoms with van der Waals surface area (Å²) in [6.07, 6.45) is 0.331. The molecule has 1 fully saturated rings. The summed E-state index contributed by atoms with van der Waals surface area (Å²) in [5.41, 5.74) is 1.68. The van der Waals surface area contributed by atoms with Crippen LogP contribution in [-0.4, -0.2) is 34.0 Å². The number of benzene rings is 2. The second-order valence-corrected chi connectivity index (χ2v) is 7.50. The van der Waals surface area contributed by atoms with Gasteiger partial charge in [-0.05, 0) is 29.7 Å². The van der Waals surface area contributed by atoms with Gasteiger partial charge in [0.25, 0.3) is 0 Å². The molecule has 2 aromatic carbocycles. The predicted molar refractivity (Wildman–Crippen MR) is 103 cm³/mol. The van der Waals surface area contributed by atoms with Gasteiger partial charge in [-0.25, -0.2) is 4.39 Å². The molecule has 3 aromatic rings. The molecule has 0 spiro atoms. The fourth-order valence-electron chi connectivity index (χ4n) is 3.49. The highest BCUT2D eigenvalue weighted by atomic mass is 35.5. The molecule has 0 N–H and O–H groups in total. The number of hydrogen-bond donors (Lipinski definition) is 0. The summed E-state index contributed by atoms with van der Waals surface area (Å²) in [4.78, 5) is 18.7. The molecule has 7 heteroatoms. The Morgan fingerprint density at radius 1 is 1.29 bits per heavy atom. The summed E-state index contributed by atoms with van der Waals surface area (Å²) in [7, 11) is 0. The standard InChI is InChI=1S/C21H19ClFN3O2/c1-13(14-5-3-2-4-6-14)11-26-12-16(10-19(26)27)21-24-20(25-28-21)15-7-8-17(22)18(23)9-15/h2-9,13,16H,10-12H2,1H3. The normalized spacial score (nSPS) is 17.9. The Kier molecular flexibility index (Phi) is 5.13. The topological polar surface area (TPSA) is 59.2 Å². The zero-order chi connectivity index (χ0) is 19.7. The lowest BCUT2D eigenvalue weighted by Crippen LogP contribution is -2.29. The highest BCUT2D eigenvalue weighted by Crippen LogP contribution is 2.31. The Morgan fingerprint density at radius 3 is 2.82 bits per heavy atom. The van der Waals surface area contributed by atoms with Gasteiger partial charge in [0, 0.05) is 25.1 Å². The molecule has 144 valence electrons. The van der Waals surface area contributed by atoms with E-state index in [4.69, 9.17) is 16.1 Å². The number of hydrogen-bond acceptors (Lipinski definition) is 4. The third-order valence-electron chi connectivity index (χ3n) is 5.05. The largest absolute Gasteiger partial charge is 0.341 e. The number of halogens is 2. The second kappa shape index (κ2) is 7.72. The molecule has 28 heavy (non-hydrogen) atoms. The van der Waals surface area contributed by atoms with Crippen LogP contribution in [0, 0.1) is 5.82 Å². The molecular formula is C21H19ClFN3O2. The molecule has 4 rings (SSSR count). The van der Waals surface area contributed by atoms with Crippen molar-refractivity contribution in [2.45, 2.75) is 25.2 Å². The Labute approximate surface area is 167 Å². The minimum Gasteiger partial charge on any atom is -0.341 e. The smallest absolute Gasteiger partial charge is 0.232 e. The third kappa shape index (κ3) is 3.78. The van der Waals surface area contributed by atoms with Crippen molar-refractivity contribution >= 4 is 17.5 Å². The molecule has 1 aromatic heterocycles. The van der Waals surface area contributed by atoms with Gasteiger partial charge in [0.15, 0.2) is 0 Å². The van der Waals surface area contributed by atoms with Crippen LogP contribution in [0.15, 0.2) is 53.1 Å². The average molecular weight is 400 g/mol. The fourth-order valence-corrected chi connectivity index (χ4v) is 3.60. The van der Waals surface area contributed by atoms with Gasteiger partial charge in [-0.15, -0.1) is 0 Å². The maximum atomic E-state index is 13.7. The number of amides is 1. The van der Waals surface area contributed by atoms with Gasteiger partial charge in [0.2, 0.25) is 17.6 Å². The Balaban J connectivity index is 1.45. The van der Waals surface area contributed by atoms with Crippen LogP contribution in [0.25, 0.3) is 11.4 Å². The van der Waals surface area contributed by atoms with Crippen LogP contribution in [0.3, 0.4) is 0 Å². The van der Waals surface area contributed by atoms with Crippen LogP contribution in [0.5, 0.6) is 0 Å². The summed E-state index contributed by atoms with van der Waals surface area (Å²) < 4.78 is 19.0. The van der Waals surface area contributed by atoms with E-state index in [1.54, 1.807) is 6.07 Å². The highest BCUT2D eigenvalue weighted by Gasteiger charge is 2.35. The van der Waals surface area contributed by atoms with E-state index in [1.807, 2.05) is 23.1 Å². The molecule has 1 aliphatic rings. The van der Waals surface area contributed by atoms with Crippen molar-refractivity contribution < 1.29 is 13.7 Å². The number of carbonyl (C=O) groups excluding carboxylic acids is 1.